The second-order valence-corrected chi connectivity index (χ2v) is 4.80. The molecule has 0 aliphatic rings. The highest BCUT2D eigenvalue weighted by Gasteiger charge is 2.09. The van der Waals surface area contributed by atoms with Crippen LogP contribution in [0.3, 0.4) is 0 Å². The molecule has 2 nitrogen and oxygen atoms in total. The van der Waals surface area contributed by atoms with Gasteiger partial charge in [-0.2, -0.15) is 0 Å². The van der Waals surface area contributed by atoms with Crippen molar-refractivity contribution in [2.24, 2.45) is 0 Å². The molecule has 2 rings (SSSR count). The summed E-state index contributed by atoms with van der Waals surface area (Å²) in [5, 5.41) is 0.290. The van der Waals surface area contributed by atoms with E-state index in [2.05, 4.69) is 15.9 Å². The van der Waals surface area contributed by atoms with Crippen LogP contribution in [0.1, 0.15) is 10.4 Å². The maximum Gasteiger partial charge on any atom is 0.155 e. The first-order valence-electron chi connectivity index (χ1n) is 4.98. The van der Waals surface area contributed by atoms with Gasteiger partial charge in [0.1, 0.15) is 17.3 Å². The van der Waals surface area contributed by atoms with Crippen LogP contribution >= 0.6 is 27.5 Å². The lowest BCUT2D eigenvalue weighted by atomic mass is 10.2. The molecule has 2 aromatic carbocycles. The van der Waals surface area contributed by atoms with Gasteiger partial charge in [0, 0.05) is 10.5 Å². The summed E-state index contributed by atoms with van der Waals surface area (Å²) in [5.74, 6) is 0.135. The van der Waals surface area contributed by atoms with Gasteiger partial charge >= 0.3 is 0 Å². The molecule has 0 unspecified atom stereocenters. The van der Waals surface area contributed by atoms with Crippen molar-refractivity contribution in [3.63, 3.8) is 0 Å². The maximum absolute atomic E-state index is 13.2. The third-order valence-electron chi connectivity index (χ3n) is 2.19. The maximum atomic E-state index is 13.2. The number of rotatable bonds is 3. The Bertz CT molecular complexity index is 581. The average Bonchev–Trinajstić information content (AvgIpc) is 2.27. The minimum Gasteiger partial charge on any atom is -0.456 e. The predicted molar refractivity (Wildman–Crippen MR) is 71.0 cm³/mol. The summed E-state index contributed by atoms with van der Waals surface area (Å²) in [4.78, 5) is 10.9. The molecule has 0 aliphatic heterocycles. The van der Waals surface area contributed by atoms with E-state index in [-0.39, 0.29) is 22.1 Å². The molecule has 0 aromatic heterocycles. The highest BCUT2D eigenvalue weighted by atomic mass is 79.9. The molecule has 0 fully saturated rings. The molecule has 18 heavy (non-hydrogen) atoms. The monoisotopic (exact) mass is 328 g/mol. The largest absolute Gasteiger partial charge is 0.456 e. The third-order valence-corrected chi connectivity index (χ3v) is 2.98. The normalized spacial score (nSPS) is 10.2. The Morgan fingerprint density at radius 1 is 1.28 bits per heavy atom. The predicted octanol–water partition coefficient (Wildman–Crippen LogP) is 4.85. The van der Waals surface area contributed by atoms with Crippen molar-refractivity contribution in [2.45, 2.75) is 0 Å². The quantitative estimate of drug-likeness (QED) is 0.753. The topological polar surface area (TPSA) is 26.3 Å². The standard InChI is InChI=1S/C13H7BrClFO2/c14-8-4-9(16)6-10(5-8)18-13-3-1-2-12(15)11(13)7-17/h1-7H. The van der Waals surface area contributed by atoms with Gasteiger partial charge in [0.15, 0.2) is 6.29 Å². The summed E-state index contributed by atoms with van der Waals surface area (Å²) in [7, 11) is 0. The van der Waals surface area contributed by atoms with E-state index in [9.17, 15) is 9.18 Å². The zero-order valence-electron chi connectivity index (χ0n) is 8.99. The van der Waals surface area contributed by atoms with E-state index in [1.165, 1.54) is 12.1 Å². The summed E-state index contributed by atoms with van der Waals surface area (Å²) < 4.78 is 19.2. The van der Waals surface area contributed by atoms with E-state index >= 15 is 0 Å². The lowest BCUT2D eigenvalue weighted by molar-refractivity contribution is 0.112. The van der Waals surface area contributed by atoms with Gasteiger partial charge in [0.05, 0.1) is 10.6 Å². The molecule has 0 heterocycles. The molecule has 0 saturated heterocycles. The lowest BCUT2D eigenvalue weighted by Gasteiger charge is -2.09. The van der Waals surface area contributed by atoms with Crippen molar-refractivity contribution in [2.75, 3.05) is 0 Å². The van der Waals surface area contributed by atoms with Crippen LogP contribution in [0.2, 0.25) is 5.02 Å². The summed E-state index contributed by atoms with van der Waals surface area (Å²) in [6, 6.07) is 8.96. The van der Waals surface area contributed by atoms with Crippen LogP contribution in [0.4, 0.5) is 4.39 Å². The van der Waals surface area contributed by atoms with E-state index < -0.39 is 5.82 Å². The fourth-order valence-electron chi connectivity index (χ4n) is 1.44. The van der Waals surface area contributed by atoms with Gasteiger partial charge in [-0.3, -0.25) is 4.79 Å². The van der Waals surface area contributed by atoms with Gasteiger partial charge in [-0.25, -0.2) is 4.39 Å². The molecule has 0 atom stereocenters. The number of hydrogen-bond donors (Lipinski definition) is 0. The molecule has 92 valence electrons. The minimum atomic E-state index is -0.436. The van der Waals surface area contributed by atoms with Crippen LogP contribution in [0.15, 0.2) is 40.9 Å². The van der Waals surface area contributed by atoms with Crippen LogP contribution < -0.4 is 4.74 Å². The highest BCUT2D eigenvalue weighted by molar-refractivity contribution is 9.10. The number of hydrogen-bond acceptors (Lipinski definition) is 2. The summed E-state index contributed by atoms with van der Waals surface area (Å²) in [5.41, 5.74) is 0.236. The van der Waals surface area contributed by atoms with E-state index in [0.717, 1.165) is 0 Å². The van der Waals surface area contributed by atoms with E-state index in [0.29, 0.717) is 10.8 Å². The van der Waals surface area contributed by atoms with Crippen LogP contribution in [-0.4, -0.2) is 6.29 Å². The molecular formula is C13H7BrClFO2. The minimum absolute atomic E-state index is 0.236. The van der Waals surface area contributed by atoms with Gasteiger partial charge in [-0.15, -0.1) is 0 Å². The van der Waals surface area contributed by atoms with Gasteiger partial charge in [-0.05, 0) is 24.3 Å². The molecule has 0 saturated carbocycles. The SMILES string of the molecule is O=Cc1c(Cl)cccc1Oc1cc(F)cc(Br)c1. The molecule has 5 heteroatoms. The molecule has 0 aliphatic carbocycles. The molecule has 0 bridgehead atoms. The van der Waals surface area contributed by atoms with E-state index in [4.69, 9.17) is 16.3 Å². The van der Waals surface area contributed by atoms with Crippen LogP contribution in [0, 0.1) is 5.82 Å². The number of carbonyl (C=O) groups is 1. The Morgan fingerprint density at radius 3 is 2.72 bits per heavy atom. The summed E-state index contributed by atoms with van der Waals surface area (Å²) >= 11 is 9.02. The van der Waals surface area contributed by atoms with Crippen LogP contribution in [-0.2, 0) is 0 Å². The molecular weight excluding hydrogens is 322 g/mol. The smallest absolute Gasteiger partial charge is 0.155 e. The lowest BCUT2D eigenvalue weighted by Crippen LogP contribution is -1.92. The first-order chi connectivity index (χ1) is 8.60. The third kappa shape index (κ3) is 2.89. The summed E-state index contributed by atoms with van der Waals surface area (Å²) in [6.07, 6.45) is 0.603. The molecule has 0 amide bonds. The van der Waals surface area contributed by atoms with Gasteiger partial charge < -0.3 is 4.74 Å². The zero-order valence-corrected chi connectivity index (χ0v) is 11.3. The Hall–Kier alpha value is -1.39. The van der Waals surface area contributed by atoms with Crippen molar-refractivity contribution >= 4 is 33.8 Å². The number of halogens is 3. The van der Waals surface area contributed by atoms with Crippen molar-refractivity contribution in [1.29, 1.82) is 0 Å². The molecule has 0 spiro atoms. The van der Waals surface area contributed by atoms with Gasteiger partial charge in [0.25, 0.3) is 0 Å². The number of ether oxygens (including phenoxy) is 1. The second kappa shape index (κ2) is 5.50. The molecule has 2 aromatic rings. The second-order valence-electron chi connectivity index (χ2n) is 3.48. The van der Waals surface area contributed by atoms with Crippen molar-refractivity contribution < 1.29 is 13.9 Å². The van der Waals surface area contributed by atoms with Crippen molar-refractivity contribution in [3.8, 4) is 11.5 Å². The fourth-order valence-corrected chi connectivity index (χ4v) is 2.09. The zero-order chi connectivity index (χ0) is 13.1. The average molecular weight is 330 g/mol. The van der Waals surface area contributed by atoms with Crippen molar-refractivity contribution in [1.82, 2.24) is 0 Å². The first kappa shape index (κ1) is 13.1. The van der Waals surface area contributed by atoms with Crippen LogP contribution in [0.5, 0.6) is 11.5 Å². The Balaban J connectivity index is 2.39. The van der Waals surface area contributed by atoms with E-state index in [1.807, 2.05) is 0 Å². The number of carbonyl (C=O) groups excluding carboxylic acids is 1. The fraction of sp³-hybridized carbons (Fsp3) is 0. The van der Waals surface area contributed by atoms with Gasteiger partial charge in [0.2, 0.25) is 0 Å². The summed E-state index contributed by atoms with van der Waals surface area (Å²) in [6.45, 7) is 0. The van der Waals surface area contributed by atoms with Gasteiger partial charge in [-0.1, -0.05) is 33.6 Å². The highest BCUT2D eigenvalue weighted by Crippen LogP contribution is 2.30. The number of aldehydes is 1. The van der Waals surface area contributed by atoms with Crippen LogP contribution in [0.25, 0.3) is 0 Å². The molecule has 0 N–H and O–H groups in total. The first-order valence-corrected chi connectivity index (χ1v) is 6.15. The Morgan fingerprint density at radius 2 is 2.06 bits per heavy atom. The Kier molecular flexibility index (Phi) is 3.99. The van der Waals surface area contributed by atoms with Crippen molar-refractivity contribution in [3.05, 3.63) is 57.3 Å². The van der Waals surface area contributed by atoms with E-state index in [1.54, 1.807) is 24.3 Å². The molecule has 0 radical (unpaired) electrons. The number of benzene rings is 2. The Labute approximate surface area is 116 Å².